The van der Waals surface area contributed by atoms with Gasteiger partial charge in [-0.15, -0.1) is 0 Å². The molecule has 0 unspecified atom stereocenters. The van der Waals surface area contributed by atoms with E-state index in [9.17, 15) is 0 Å². The van der Waals surface area contributed by atoms with Gasteiger partial charge in [-0.05, 0) is 34.8 Å². The number of pyridine rings is 1. The third kappa shape index (κ3) is 2.16. The number of piperazine rings is 1. The molecule has 1 spiro atoms. The van der Waals surface area contributed by atoms with E-state index in [1.807, 2.05) is 12.4 Å². The molecule has 2 aliphatic rings. The van der Waals surface area contributed by atoms with Gasteiger partial charge in [0.2, 0.25) is 0 Å². The van der Waals surface area contributed by atoms with Crippen LogP contribution in [0, 0.1) is 0 Å². The monoisotopic (exact) mass is 309 g/mol. The molecule has 0 amide bonds. The molecule has 2 heterocycles. The first-order chi connectivity index (χ1) is 8.82. The van der Waals surface area contributed by atoms with Crippen LogP contribution in [0.5, 0.6) is 0 Å². The maximum absolute atomic E-state index is 4.18. The van der Waals surface area contributed by atoms with Crippen LogP contribution >= 0.6 is 15.9 Å². The summed E-state index contributed by atoms with van der Waals surface area (Å²) in [5.74, 6) is 0. The van der Waals surface area contributed by atoms with E-state index in [0.29, 0.717) is 5.54 Å². The Balaban J connectivity index is 1.94. The van der Waals surface area contributed by atoms with Gasteiger partial charge in [-0.25, -0.2) is 0 Å². The fourth-order valence-corrected chi connectivity index (χ4v) is 3.93. The molecule has 98 valence electrons. The lowest BCUT2D eigenvalue weighted by Gasteiger charge is -2.51. The lowest BCUT2D eigenvalue weighted by atomic mass is 9.79. The van der Waals surface area contributed by atoms with Gasteiger partial charge in [0.25, 0.3) is 0 Å². The SMILES string of the molecule is Brc1cnccc1N1CCNCC12CCCCC2. The van der Waals surface area contributed by atoms with Crippen molar-refractivity contribution in [3.8, 4) is 0 Å². The number of aromatic nitrogens is 1. The van der Waals surface area contributed by atoms with Gasteiger partial charge in [-0.2, -0.15) is 0 Å². The van der Waals surface area contributed by atoms with Crippen molar-refractivity contribution in [2.75, 3.05) is 24.5 Å². The average Bonchev–Trinajstić information content (AvgIpc) is 2.41. The highest BCUT2D eigenvalue weighted by atomic mass is 79.9. The van der Waals surface area contributed by atoms with Crippen molar-refractivity contribution in [3.05, 3.63) is 22.9 Å². The van der Waals surface area contributed by atoms with Gasteiger partial charge in [-0.3, -0.25) is 4.98 Å². The first-order valence-corrected chi connectivity index (χ1v) is 7.69. The van der Waals surface area contributed by atoms with Crippen molar-refractivity contribution >= 4 is 21.6 Å². The number of rotatable bonds is 1. The highest BCUT2D eigenvalue weighted by Crippen LogP contribution is 2.39. The fourth-order valence-electron chi connectivity index (χ4n) is 3.46. The van der Waals surface area contributed by atoms with E-state index in [4.69, 9.17) is 0 Å². The maximum atomic E-state index is 4.18. The summed E-state index contributed by atoms with van der Waals surface area (Å²) in [5.41, 5.74) is 1.65. The second-order valence-corrected chi connectivity index (χ2v) is 6.29. The first-order valence-electron chi connectivity index (χ1n) is 6.90. The van der Waals surface area contributed by atoms with E-state index >= 15 is 0 Å². The predicted octanol–water partition coefficient (Wildman–Crippen LogP) is 2.96. The zero-order chi connectivity index (χ0) is 12.4. The van der Waals surface area contributed by atoms with Gasteiger partial charge in [0.1, 0.15) is 0 Å². The van der Waals surface area contributed by atoms with Crippen LogP contribution in [0.4, 0.5) is 5.69 Å². The van der Waals surface area contributed by atoms with Crippen LogP contribution in [0.3, 0.4) is 0 Å². The summed E-state index contributed by atoms with van der Waals surface area (Å²) in [4.78, 5) is 6.80. The Morgan fingerprint density at radius 1 is 1.28 bits per heavy atom. The van der Waals surface area contributed by atoms with Gasteiger partial charge < -0.3 is 10.2 Å². The van der Waals surface area contributed by atoms with Crippen LogP contribution < -0.4 is 10.2 Å². The molecule has 1 aliphatic heterocycles. The molecular weight excluding hydrogens is 290 g/mol. The third-order valence-corrected chi connectivity index (χ3v) is 4.98. The molecule has 0 radical (unpaired) electrons. The highest BCUT2D eigenvalue weighted by Gasteiger charge is 2.40. The molecule has 3 nitrogen and oxygen atoms in total. The molecule has 2 fully saturated rings. The molecule has 0 aromatic carbocycles. The predicted molar refractivity (Wildman–Crippen MR) is 78.0 cm³/mol. The second kappa shape index (κ2) is 5.17. The summed E-state index contributed by atoms with van der Waals surface area (Å²) in [5, 5.41) is 3.59. The van der Waals surface area contributed by atoms with E-state index in [1.54, 1.807) is 0 Å². The Hall–Kier alpha value is -0.610. The van der Waals surface area contributed by atoms with E-state index < -0.39 is 0 Å². The molecule has 1 aliphatic carbocycles. The first kappa shape index (κ1) is 12.4. The molecule has 0 bridgehead atoms. The quantitative estimate of drug-likeness (QED) is 0.864. The summed E-state index contributed by atoms with van der Waals surface area (Å²) in [6, 6.07) is 2.14. The smallest absolute Gasteiger partial charge is 0.0592 e. The Morgan fingerprint density at radius 3 is 2.89 bits per heavy atom. The Morgan fingerprint density at radius 2 is 2.11 bits per heavy atom. The van der Waals surface area contributed by atoms with Gasteiger partial charge in [0, 0.05) is 32.0 Å². The molecule has 3 rings (SSSR count). The zero-order valence-electron chi connectivity index (χ0n) is 10.7. The Labute approximate surface area is 117 Å². The maximum Gasteiger partial charge on any atom is 0.0592 e. The summed E-state index contributed by atoms with van der Waals surface area (Å²) < 4.78 is 1.12. The van der Waals surface area contributed by atoms with Crippen molar-refractivity contribution in [1.29, 1.82) is 0 Å². The van der Waals surface area contributed by atoms with Crippen LogP contribution in [0.15, 0.2) is 22.9 Å². The number of nitrogens with one attached hydrogen (secondary N) is 1. The van der Waals surface area contributed by atoms with Crippen LogP contribution in [0.25, 0.3) is 0 Å². The third-order valence-electron chi connectivity index (χ3n) is 4.36. The van der Waals surface area contributed by atoms with E-state index in [2.05, 4.69) is 37.2 Å². The molecular formula is C14H20BrN3. The number of halogens is 1. The minimum absolute atomic E-state index is 0.334. The van der Waals surface area contributed by atoms with E-state index in [1.165, 1.54) is 37.8 Å². The number of nitrogens with zero attached hydrogens (tertiary/aromatic N) is 2. The normalized spacial score (nSPS) is 23.3. The van der Waals surface area contributed by atoms with Crippen molar-refractivity contribution in [3.63, 3.8) is 0 Å². The van der Waals surface area contributed by atoms with Crippen LogP contribution in [-0.2, 0) is 0 Å². The Kier molecular flexibility index (Phi) is 3.57. The fraction of sp³-hybridized carbons (Fsp3) is 0.643. The molecule has 1 aromatic rings. The molecule has 0 atom stereocenters. The number of hydrogen-bond donors (Lipinski definition) is 1. The second-order valence-electron chi connectivity index (χ2n) is 5.44. The van der Waals surface area contributed by atoms with Crippen LogP contribution in [0.2, 0.25) is 0 Å². The minimum atomic E-state index is 0.334. The molecule has 1 saturated heterocycles. The van der Waals surface area contributed by atoms with Crippen molar-refractivity contribution in [2.24, 2.45) is 0 Å². The summed E-state index contributed by atoms with van der Waals surface area (Å²) >= 11 is 3.66. The zero-order valence-corrected chi connectivity index (χ0v) is 12.2. The topological polar surface area (TPSA) is 28.2 Å². The molecule has 1 aromatic heterocycles. The van der Waals surface area contributed by atoms with Gasteiger partial charge in [0.05, 0.1) is 15.7 Å². The van der Waals surface area contributed by atoms with E-state index in [0.717, 1.165) is 24.1 Å². The lowest BCUT2D eigenvalue weighted by Crippen LogP contribution is -2.62. The van der Waals surface area contributed by atoms with Gasteiger partial charge in [0.15, 0.2) is 0 Å². The minimum Gasteiger partial charge on any atom is -0.362 e. The molecule has 1 N–H and O–H groups in total. The number of anilines is 1. The summed E-state index contributed by atoms with van der Waals surface area (Å²) in [6.45, 7) is 3.31. The van der Waals surface area contributed by atoms with Crippen LogP contribution in [0.1, 0.15) is 32.1 Å². The van der Waals surface area contributed by atoms with Crippen molar-refractivity contribution in [1.82, 2.24) is 10.3 Å². The molecule has 18 heavy (non-hydrogen) atoms. The van der Waals surface area contributed by atoms with Crippen molar-refractivity contribution < 1.29 is 0 Å². The summed E-state index contributed by atoms with van der Waals surface area (Å²) in [6.07, 6.45) is 10.6. The largest absolute Gasteiger partial charge is 0.362 e. The standard InChI is InChI=1S/C14H20BrN3/c15-12-10-16-7-4-13(12)18-9-8-17-11-14(18)5-2-1-3-6-14/h4,7,10,17H,1-3,5-6,8-9,11H2. The van der Waals surface area contributed by atoms with Gasteiger partial charge >= 0.3 is 0 Å². The number of hydrogen-bond acceptors (Lipinski definition) is 3. The van der Waals surface area contributed by atoms with Gasteiger partial charge in [-0.1, -0.05) is 19.3 Å². The van der Waals surface area contributed by atoms with E-state index in [-0.39, 0.29) is 0 Å². The molecule has 1 saturated carbocycles. The summed E-state index contributed by atoms with van der Waals surface area (Å²) in [7, 11) is 0. The lowest BCUT2D eigenvalue weighted by molar-refractivity contribution is 0.241. The Bertz CT molecular complexity index is 407. The highest BCUT2D eigenvalue weighted by molar-refractivity contribution is 9.10. The molecule has 4 heteroatoms. The van der Waals surface area contributed by atoms with Crippen molar-refractivity contribution in [2.45, 2.75) is 37.6 Å². The van der Waals surface area contributed by atoms with Crippen LogP contribution in [-0.4, -0.2) is 30.2 Å². The average molecular weight is 310 g/mol.